The quantitative estimate of drug-likeness (QED) is 0.716. The zero-order valence-corrected chi connectivity index (χ0v) is 8.72. The van der Waals surface area contributed by atoms with Gasteiger partial charge in [-0.2, -0.15) is 0 Å². The third kappa shape index (κ3) is 1.56. The number of benzene rings is 1. The molecule has 0 aliphatic heterocycles. The average Bonchev–Trinajstić information content (AvgIpc) is 2.28. The minimum absolute atomic E-state index is 0.0780. The molecule has 0 radical (unpaired) electrons. The molecular formula is C13H13FO. The van der Waals surface area contributed by atoms with E-state index in [1.54, 1.807) is 13.2 Å². The Balaban J connectivity index is 2.63. The van der Waals surface area contributed by atoms with E-state index in [4.69, 9.17) is 4.74 Å². The number of allylic oxidation sites excluding steroid dienone is 3. The SMILES string of the molecule is C=CC1=C(F)CCc2c(OC)cccc21. The number of methoxy groups -OCH3 is 1. The summed E-state index contributed by atoms with van der Waals surface area (Å²) in [5, 5.41) is 0. The molecule has 1 aromatic rings. The van der Waals surface area contributed by atoms with Crippen LogP contribution >= 0.6 is 0 Å². The average molecular weight is 204 g/mol. The maximum Gasteiger partial charge on any atom is 0.122 e. The van der Waals surface area contributed by atoms with Gasteiger partial charge in [0.25, 0.3) is 0 Å². The minimum Gasteiger partial charge on any atom is -0.496 e. The number of rotatable bonds is 2. The molecule has 0 aromatic heterocycles. The van der Waals surface area contributed by atoms with Gasteiger partial charge in [-0.05, 0) is 18.1 Å². The third-order valence-electron chi connectivity index (χ3n) is 2.73. The zero-order chi connectivity index (χ0) is 10.8. The summed E-state index contributed by atoms with van der Waals surface area (Å²) in [5.74, 6) is 0.755. The molecule has 0 fully saturated rings. The van der Waals surface area contributed by atoms with Crippen LogP contribution in [0, 0.1) is 0 Å². The first-order valence-electron chi connectivity index (χ1n) is 4.95. The largest absolute Gasteiger partial charge is 0.496 e. The second-order valence-corrected chi connectivity index (χ2v) is 3.51. The van der Waals surface area contributed by atoms with Crippen molar-refractivity contribution in [2.75, 3.05) is 7.11 Å². The van der Waals surface area contributed by atoms with Crippen molar-refractivity contribution < 1.29 is 9.13 Å². The smallest absolute Gasteiger partial charge is 0.122 e. The van der Waals surface area contributed by atoms with E-state index in [0.29, 0.717) is 18.4 Å². The van der Waals surface area contributed by atoms with Crippen LogP contribution in [0.5, 0.6) is 5.75 Å². The van der Waals surface area contributed by atoms with Gasteiger partial charge in [-0.1, -0.05) is 24.8 Å². The fourth-order valence-corrected chi connectivity index (χ4v) is 2.00. The van der Waals surface area contributed by atoms with Crippen molar-refractivity contribution >= 4 is 5.57 Å². The van der Waals surface area contributed by atoms with Crippen molar-refractivity contribution in [1.82, 2.24) is 0 Å². The standard InChI is InChI=1S/C13H13FO/c1-3-9-10-5-4-6-13(15-2)11(10)7-8-12(9)14/h3-6H,1,7-8H2,2H3. The normalized spacial score (nSPS) is 14.8. The molecule has 0 saturated carbocycles. The van der Waals surface area contributed by atoms with Crippen LogP contribution in [0.25, 0.3) is 5.57 Å². The molecule has 2 rings (SSSR count). The molecular weight excluding hydrogens is 191 g/mol. The highest BCUT2D eigenvalue weighted by Crippen LogP contribution is 2.37. The molecule has 1 aliphatic rings. The molecule has 0 N–H and O–H groups in total. The topological polar surface area (TPSA) is 9.23 Å². The molecule has 0 spiro atoms. The van der Waals surface area contributed by atoms with Crippen molar-refractivity contribution in [3.63, 3.8) is 0 Å². The molecule has 0 unspecified atom stereocenters. The van der Waals surface area contributed by atoms with E-state index in [0.717, 1.165) is 16.9 Å². The van der Waals surface area contributed by atoms with E-state index in [9.17, 15) is 4.39 Å². The van der Waals surface area contributed by atoms with Crippen LogP contribution in [0.4, 0.5) is 4.39 Å². The summed E-state index contributed by atoms with van der Waals surface area (Å²) in [6, 6.07) is 5.69. The van der Waals surface area contributed by atoms with Gasteiger partial charge in [0.05, 0.1) is 7.11 Å². The molecule has 0 amide bonds. The lowest BCUT2D eigenvalue weighted by Gasteiger charge is -2.19. The van der Waals surface area contributed by atoms with Gasteiger partial charge < -0.3 is 4.74 Å². The zero-order valence-electron chi connectivity index (χ0n) is 8.72. The van der Waals surface area contributed by atoms with Crippen molar-refractivity contribution in [2.45, 2.75) is 12.8 Å². The van der Waals surface area contributed by atoms with Crippen molar-refractivity contribution in [3.8, 4) is 5.75 Å². The molecule has 1 nitrogen and oxygen atoms in total. The number of hydrogen-bond acceptors (Lipinski definition) is 1. The Bertz CT molecular complexity index is 432. The summed E-state index contributed by atoms with van der Waals surface area (Å²) in [6.07, 6.45) is 2.71. The molecule has 15 heavy (non-hydrogen) atoms. The predicted molar refractivity (Wildman–Crippen MR) is 59.5 cm³/mol. The van der Waals surface area contributed by atoms with Crippen LogP contribution in [0.1, 0.15) is 17.5 Å². The summed E-state index contributed by atoms with van der Waals surface area (Å²) in [6.45, 7) is 3.65. The van der Waals surface area contributed by atoms with Gasteiger partial charge in [-0.3, -0.25) is 0 Å². The van der Waals surface area contributed by atoms with E-state index in [-0.39, 0.29) is 5.83 Å². The summed E-state index contributed by atoms with van der Waals surface area (Å²) >= 11 is 0. The molecule has 78 valence electrons. The first kappa shape index (κ1) is 9.97. The Kier molecular flexibility index (Phi) is 2.58. The Hall–Kier alpha value is -1.57. The van der Waals surface area contributed by atoms with Gasteiger partial charge in [-0.25, -0.2) is 4.39 Å². The summed E-state index contributed by atoms with van der Waals surface area (Å²) in [5.41, 5.74) is 2.60. The molecule has 2 heteroatoms. The van der Waals surface area contributed by atoms with E-state index in [2.05, 4.69) is 6.58 Å². The van der Waals surface area contributed by atoms with Gasteiger partial charge in [0, 0.05) is 17.6 Å². The lowest BCUT2D eigenvalue weighted by atomic mass is 9.89. The highest BCUT2D eigenvalue weighted by molar-refractivity contribution is 5.79. The number of ether oxygens (including phenoxy) is 1. The van der Waals surface area contributed by atoms with Crippen LogP contribution in [0.2, 0.25) is 0 Å². The Morgan fingerprint density at radius 2 is 2.20 bits per heavy atom. The monoisotopic (exact) mass is 204 g/mol. The highest BCUT2D eigenvalue weighted by Gasteiger charge is 2.19. The predicted octanol–water partition coefficient (Wildman–Crippen LogP) is 3.51. The van der Waals surface area contributed by atoms with E-state index >= 15 is 0 Å². The highest BCUT2D eigenvalue weighted by atomic mass is 19.1. The fraction of sp³-hybridized carbons (Fsp3) is 0.231. The second-order valence-electron chi connectivity index (χ2n) is 3.51. The van der Waals surface area contributed by atoms with Crippen molar-refractivity contribution in [1.29, 1.82) is 0 Å². The minimum atomic E-state index is -0.0780. The van der Waals surface area contributed by atoms with Crippen LogP contribution in [-0.4, -0.2) is 7.11 Å². The Labute approximate surface area is 88.9 Å². The van der Waals surface area contributed by atoms with Gasteiger partial charge in [0.2, 0.25) is 0 Å². The third-order valence-corrected chi connectivity index (χ3v) is 2.73. The van der Waals surface area contributed by atoms with Crippen LogP contribution < -0.4 is 4.74 Å². The van der Waals surface area contributed by atoms with E-state index in [1.807, 2.05) is 18.2 Å². The molecule has 0 heterocycles. The molecule has 0 saturated heterocycles. The van der Waals surface area contributed by atoms with Crippen molar-refractivity contribution in [2.24, 2.45) is 0 Å². The molecule has 0 bridgehead atoms. The maximum absolute atomic E-state index is 13.5. The first-order valence-corrected chi connectivity index (χ1v) is 4.95. The second kappa shape index (κ2) is 3.89. The van der Waals surface area contributed by atoms with E-state index < -0.39 is 0 Å². The van der Waals surface area contributed by atoms with Gasteiger partial charge >= 0.3 is 0 Å². The lowest BCUT2D eigenvalue weighted by molar-refractivity contribution is 0.408. The summed E-state index contributed by atoms with van der Waals surface area (Å²) in [7, 11) is 1.64. The van der Waals surface area contributed by atoms with Gasteiger partial charge in [0.15, 0.2) is 0 Å². The number of halogens is 1. The molecule has 0 atom stereocenters. The summed E-state index contributed by atoms with van der Waals surface area (Å²) in [4.78, 5) is 0. The molecule has 1 aromatic carbocycles. The molecule has 1 aliphatic carbocycles. The number of fused-ring (bicyclic) bond motifs is 1. The van der Waals surface area contributed by atoms with Gasteiger partial charge in [0.1, 0.15) is 11.6 Å². The maximum atomic E-state index is 13.5. The Morgan fingerprint density at radius 1 is 1.40 bits per heavy atom. The van der Waals surface area contributed by atoms with Crippen LogP contribution in [-0.2, 0) is 6.42 Å². The van der Waals surface area contributed by atoms with Crippen LogP contribution in [0.3, 0.4) is 0 Å². The number of hydrogen-bond donors (Lipinski definition) is 0. The first-order chi connectivity index (χ1) is 7.27. The van der Waals surface area contributed by atoms with Crippen LogP contribution in [0.15, 0.2) is 36.7 Å². The Morgan fingerprint density at radius 3 is 2.87 bits per heavy atom. The summed E-state index contributed by atoms with van der Waals surface area (Å²) < 4.78 is 18.8. The van der Waals surface area contributed by atoms with Gasteiger partial charge in [-0.15, -0.1) is 0 Å². The van der Waals surface area contributed by atoms with E-state index in [1.165, 1.54) is 0 Å². The fourth-order valence-electron chi connectivity index (χ4n) is 2.00. The lowest BCUT2D eigenvalue weighted by Crippen LogP contribution is -2.03. The van der Waals surface area contributed by atoms with Crippen molar-refractivity contribution in [3.05, 3.63) is 47.8 Å².